The zero-order valence-electron chi connectivity index (χ0n) is 19.3. The van der Waals surface area contributed by atoms with Gasteiger partial charge in [0.05, 0.1) is 22.6 Å². The number of anilines is 2. The number of benzene rings is 3. The molecular formula is C24H24ClN3O6S. The van der Waals surface area contributed by atoms with Gasteiger partial charge in [0.25, 0.3) is 15.7 Å². The van der Waals surface area contributed by atoms with E-state index < -0.39 is 33.1 Å². The molecule has 0 radical (unpaired) electrons. The standard InChI is InChI=1S/C24H24ClN3O6S/c1-17(2)27(19-7-5-4-6-8-19)24(29)16-26(18-9-11-20(34-3)12-10-18)35(32,33)21-13-14-22(25)23(15-21)28(30)31/h4-15,17H,16H2,1-3H3. The van der Waals surface area contributed by atoms with E-state index >= 15 is 0 Å². The van der Waals surface area contributed by atoms with Crippen LogP contribution in [0.15, 0.2) is 77.7 Å². The van der Waals surface area contributed by atoms with Crippen molar-refractivity contribution in [1.82, 2.24) is 0 Å². The minimum Gasteiger partial charge on any atom is -0.497 e. The summed E-state index contributed by atoms with van der Waals surface area (Å²) in [6, 6.07) is 17.9. The first-order chi connectivity index (χ1) is 16.6. The molecule has 3 aromatic rings. The number of nitro groups is 1. The van der Waals surface area contributed by atoms with Crippen LogP contribution in [0.2, 0.25) is 5.02 Å². The van der Waals surface area contributed by atoms with E-state index in [4.69, 9.17) is 16.3 Å². The highest BCUT2D eigenvalue weighted by molar-refractivity contribution is 7.92. The molecule has 0 bridgehead atoms. The van der Waals surface area contributed by atoms with Crippen LogP contribution in [0, 0.1) is 10.1 Å². The zero-order valence-corrected chi connectivity index (χ0v) is 20.9. The van der Waals surface area contributed by atoms with E-state index in [1.807, 2.05) is 19.9 Å². The number of carbonyl (C=O) groups is 1. The lowest BCUT2D eigenvalue weighted by molar-refractivity contribution is -0.384. The monoisotopic (exact) mass is 517 g/mol. The summed E-state index contributed by atoms with van der Waals surface area (Å²) in [5, 5.41) is 11.2. The van der Waals surface area contributed by atoms with Gasteiger partial charge in [-0.15, -0.1) is 0 Å². The molecule has 3 aromatic carbocycles. The van der Waals surface area contributed by atoms with Crippen molar-refractivity contribution in [2.24, 2.45) is 0 Å². The van der Waals surface area contributed by atoms with Gasteiger partial charge in [-0.2, -0.15) is 0 Å². The van der Waals surface area contributed by atoms with Gasteiger partial charge in [-0.1, -0.05) is 29.8 Å². The van der Waals surface area contributed by atoms with E-state index in [-0.39, 0.29) is 21.6 Å². The Hall–Kier alpha value is -3.63. The summed E-state index contributed by atoms with van der Waals surface area (Å²) in [7, 11) is -2.93. The lowest BCUT2D eigenvalue weighted by Gasteiger charge is -2.31. The topological polar surface area (TPSA) is 110 Å². The molecule has 9 nitrogen and oxygen atoms in total. The molecule has 0 heterocycles. The Morgan fingerprint density at radius 2 is 1.66 bits per heavy atom. The zero-order chi connectivity index (χ0) is 25.8. The van der Waals surface area contributed by atoms with E-state index in [9.17, 15) is 23.3 Å². The third kappa shape index (κ3) is 5.72. The predicted molar refractivity (Wildman–Crippen MR) is 135 cm³/mol. The van der Waals surface area contributed by atoms with Gasteiger partial charge < -0.3 is 9.64 Å². The number of rotatable bonds is 9. The number of ether oxygens (including phenoxy) is 1. The maximum Gasteiger partial charge on any atom is 0.289 e. The van der Waals surface area contributed by atoms with E-state index in [1.165, 1.54) is 30.2 Å². The maximum absolute atomic E-state index is 13.7. The van der Waals surface area contributed by atoms with Crippen molar-refractivity contribution in [3.8, 4) is 5.75 Å². The van der Waals surface area contributed by atoms with Crippen molar-refractivity contribution in [2.45, 2.75) is 24.8 Å². The number of nitrogens with zero attached hydrogens (tertiary/aromatic N) is 3. The number of nitro benzene ring substituents is 1. The fourth-order valence-corrected chi connectivity index (χ4v) is 5.12. The Labute approximate surface area is 208 Å². The maximum atomic E-state index is 13.7. The van der Waals surface area contributed by atoms with Crippen molar-refractivity contribution < 1.29 is 22.9 Å². The lowest BCUT2D eigenvalue weighted by atomic mass is 10.2. The predicted octanol–water partition coefficient (Wildman–Crippen LogP) is 4.89. The van der Waals surface area contributed by atoms with E-state index in [0.717, 1.165) is 16.4 Å². The second-order valence-electron chi connectivity index (χ2n) is 7.77. The molecule has 1 amide bonds. The Morgan fingerprint density at radius 3 is 2.20 bits per heavy atom. The van der Waals surface area contributed by atoms with Gasteiger partial charge in [-0.05, 0) is 62.4 Å². The smallest absolute Gasteiger partial charge is 0.289 e. The van der Waals surface area contributed by atoms with Gasteiger partial charge in [-0.25, -0.2) is 8.42 Å². The van der Waals surface area contributed by atoms with Crippen molar-refractivity contribution in [1.29, 1.82) is 0 Å². The molecule has 184 valence electrons. The van der Waals surface area contributed by atoms with Crippen LogP contribution in [0.25, 0.3) is 0 Å². The number of hydrogen-bond acceptors (Lipinski definition) is 6. The number of hydrogen-bond donors (Lipinski definition) is 0. The normalized spacial score (nSPS) is 11.2. The highest BCUT2D eigenvalue weighted by Gasteiger charge is 2.32. The molecule has 0 saturated heterocycles. The number of sulfonamides is 1. The molecule has 11 heteroatoms. The minimum atomic E-state index is -4.40. The van der Waals surface area contributed by atoms with Crippen molar-refractivity contribution in [3.63, 3.8) is 0 Å². The van der Waals surface area contributed by atoms with Crippen molar-refractivity contribution in [3.05, 3.63) is 87.9 Å². The highest BCUT2D eigenvalue weighted by Crippen LogP contribution is 2.31. The largest absolute Gasteiger partial charge is 0.497 e. The first kappa shape index (κ1) is 26.0. The van der Waals surface area contributed by atoms with Gasteiger partial charge in [0.1, 0.15) is 17.3 Å². The van der Waals surface area contributed by atoms with Crippen LogP contribution in [0.3, 0.4) is 0 Å². The number of carbonyl (C=O) groups excluding carboxylic acids is 1. The molecule has 0 aliphatic heterocycles. The van der Waals surface area contributed by atoms with E-state index in [0.29, 0.717) is 11.4 Å². The molecule has 35 heavy (non-hydrogen) atoms. The van der Waals surface area contributed by atoms with Crippen LogP contribution >= 0.6 is 11.6 Å². The van der Waals surface area contributed by atoms with Crippen LogP contribution in [-0.4, -0.2) is 38.9 Å². The fraction of sp³-hybridized carbons (Fsp3) is 0.208. The van der Waals surface area contributed by atoms with E-state index in [1.54, 1.807) is 36.4 Å². The first-order valence-corrected chi connectivity index (χ1v) is 12.4. The summed E-state index contributed by atoms with van der Waals surface area (Å²) < 4.78 is 33.5. The molecule has 0 saturated carbocycles. The van der Waals surface area contributed by atoms with Crippen LogP contribution < -0.4 is 13.9 Å². The number of para-hydroxylation sites is 1. The van der Waals surface area contributed by atoms with Gasteiger partial charge in [0.15, 0.2) is 0 Å². The van der Waals surface area contributed by atoms with Crippen molar-refractivity contribution >= 4 is 44.6 Å². The average Bonchev–Trinajstić information content (AvgIpc) is 2.83. The molecule has 0 unspecified atom stereocenters. The Morgan fingerprint density at radius 1 is 1.03 bits per heavy atom. The highest BCUT2D eigenvalue weighted by atomic mass is 35.5. The molecule has 0 aliphatic carbocycles. The fourth-order valence-electron chi connectivity index (χ4n) is 3.50. The van der Waals surface area contributed by atoms with Crippen LogP contribution in [0.5, 0.6) is 5.75 Å². The summed E-state index contributed by atoms with van der Waals surface area (Å²) in [6.07, 6.45) is 0. The summed E-state index contributed by atoms with van der Waals surface area (Å²) in [4.78, 5) is 25.2. The third-order valence-corrected chi connectivity index (χ3v) is 7.25. The van der Waals surface area contributed by atoms with Gasteiger partial charge >= 0.3 is 0 Å². The van der Waals surface area contributed by atoms with Gasteiger partial charge in [0, 0.05) is 17.8 Å². The number of halogens is 1. The summed E-state index contributed by atoms with van der Waals surface area (Å²) in [5.41, 5.74) is 0.247. The number of methoxy groups -OCH3 is 1. The summed E-state index contributed by atoms with van der Waals surface area (Å²) >= 11 is 5.88. The minimum absolute atomic E-state index is 0.188. The third-order valence-electron chi connectivity index (χ3n) is 5.16. The molecular weight excluding hydrogens is 494 g/mol. The summed E-state index contributed by atoms with van der Waals surface area (Å²) in [6.45, 7) is 3.09. The Bertz CT molecular complexity index is 1310. The molecule has 0 atom stereocenters. The molecule has 0 N–H and O–H groups in total. The Balaban J connectivity index is 2.10. The van der Waals surface area contributed by atoms with Crippen molar-refractivity contribution in [2.75, 3.05) is 22.9 Å². The summed E-state index contributed by atoms with van der Waals surface area (Å²) in [5.74, 6) is 0.0155. The van der Waals surface area contributed by atoms with Crippen LogP contribution in [-0.2, 0) is 14.8 Å². The number of amides is 1. The van der Waals surface area contributed by atoms with Gasteiger partial charge in [0.2, 0.25) is 5.91 Å². The lowest BCUT2D eigenvalue weighted by Crippen LogP contribution is -2.46. The van der Waals surface area contributed by atoms with Crippen LogP contribution in [0.1, 0.15) is 13.8 Å². The second kappa shape index (κ2) is 10.7. The quantitative estimate of drug-likeness (QED) is 0.295. The molecule has 0 aromatic heterocycles. The van der Waals surface area contributed by atoms with Crippen LogP contribution in [0.4, 0.5) is 17.1 Å². The first-order valence-electron chi connectivity index (χ1n) is 10.5. The molecule has 0 aliphatic rings. The SMILES string of the molecule is COc1ccc(N(CC(=O)N(c2ccccc2)C(C)C)S(=O)(=O)c2ccc(Cl)c([N+](=O)[O-])c2)cc1. The second-order valence-corrected chi connectivity index (χ2v) is 10.0. The average molecular weight is 518 g/mol. The van der Waals surface area contributed by atoms with Gasteiger partial charge in [-0.3, -0.25) is 19.2 Å². The molecule has 0 fully saturated rings. The van der Waals surface area contributed by atoms with E-state index in [2.05, 4.69) is 0 Å². The molecule has 0 spiro atoms. The molecule has 3 rings (SSSR count). The Kier molecular flexibility index (Phi) is 7.98.